The molecule has 0 spiro atoms. The van der Waals surface area contributed by atoms with Crippen LogP contribution in [-0.2, 0) is 0 Å². The third kappa shape index (κ3) is 3.57. The number of aromatic nitrogens is 1. The number of hydrogen-bond acceptors (Lipinski definition) is 4. The molecule has 0 saturated heterocycles. The van der Waals surface area contributed by atoms with Crippen molar-refractivity contribution < 1.29 is 15.0 Å². The third-order valence-corrected chi connectivity index (χ3v) is 2.48. The molecule has 17 heavy (non-hydrogen) atoms. The third-order valence-electron chi connectivity index (χ3n) is 2.29. The van der Waals surface area contributed by atoms with Gasteiger partial charge in [-0.05, 0) is 26.0 Å². The zero-order valence-electron chi connectivity index (χ0n) is 9.72. The molecule has 0 unspecified atom stereocenters. The van der Waals surface area contributed by atoms with Crippen LogP contribution < -0.4 is 4.90 Å². The zero-order valence-corrected chi connectivity index (χ0v) is 10.5. The number of halogens is 1. The fraction of sp³-hybridized carbons (Fsp3) is 0.455. The molecule has 0 radical (unpaired) electrons. The van der Waals surface area contributed by atoms with Crippen LogP contribution in [0.5, 0.6) is 0 Å². The van der Waals surface area contributed by atoms with E-state index < -0.39 is 5.97 Å². The summed E-state index contributed by atoms with van der Waals surface area (Å²) in [4.78, 5) is 16.8. The molecule has 2 N–H and O–H groups in total. The van der Waals surface area contributed by atoms with Crippen molar-refractivity contribution in [1.82, 2.24) is 4.98 Å². The number of pyridine rings is 1. The van der Waals surface area contributed by atoms with E-state index in [1.54, 1.807) is 4.90 Å². The maximum Gasteiger partial charge on any atom is 0.335 e. The Morgan fingerprint density at radius 2 is 2.18 bits per heavy atom. The Balaban J connectivity index is 3.14. The number of anilines is 1. The average Bonchev–Trinajstić information content (AvgIpc) is 2.24. The van der Waals surface area contributed by atoms with Gasteiger partial charge in [0.15, 0.2) is 0 Å². The molecule has 0 bridgehead atoms. The van der Waals surface area contributed by atoms with E-state index in [2.05, 4.69) is 4.98 Å². The largest absolute Gasteiger partial charge is 0.478 e. The predicted octanol–water partition coefficient (Wildman–Crippen LogP) is 1.64. The van der Waals surface area contributed by atoms with Crippen LogP contribution in [0.15, 0.2) is 12.1 Å². The number of rotatable bonds is 5. The molecule has 1 heterocycles. The summed E-state index contributed by atoms with van der Waals surface area (Å²) in [5, 5.41) is 18.0. The second-order valence-corrected chi connectivity index (χ2v) is 4.24. The van der Waals surface area contributed by atoms with Crippen molar-refractivity contribution in [3.05, 3.63) is 22.8 Å². The number of nitrogens with zero attached hydrogens (tertiary/aromatic N) is 2. The molecule has 0 aliphatic carbocycles. The van der Waals surface area contributed by atoms with Crippen LogP contribution in [0.4, 0.5) is 5.82 Å². The van der Waals surface area contributed by atoms with E-state index >= 15 is 0 Å². The molecule has 1 aromatic rings. The summed E-state index contributed by atoms with van der Waals surface area (Å²) in [5.41, 5.74) is 0.0867. The minimum Gasteiger partial charge on any atom is -0.478 e. The maximum atomic E-state index is 10.9. The molecule has 0 fully saturated rings. The molecule has 0 aliphatic heterocycles. The highest BCUT2D eigenvalue weighted by Gasteiger charge is 2.15. The first-order valence-corrected chi connectivity index (χ1v) is 5.62. The molecule has 94 valence electrons. The fourth-order valence-corrected chi connectivity index (χ4v) is 1.70. The normalized spacial score (nSPS) is 10.6. The van der Waals surface area contributed by atoms with Crippen molar-refractivity contribution in [2.24, 2.45) is 0 Å². The van der Waals surface area contributed by atoms with Crippen molar-refractivity contribution in [2.75, 3.05) is 18.1 Å². The van der Waals surface area contributed by atoms with Gasteiger partial charge in [-0.1, -0.05) is 11.6 Å². The van der Waals surface area contributed by atoms with Gasteiger partial charge < -0.3 is 15.1 Å². The zero-order chi connectivity index (χ0) is 13.0. The van der Waals surface area contributed by atoms with Gasteiger partial charge in [-0.3, -0.25) is 0 Å². The van der Waals surface area contributed by atoms with E-state index in [-0.39, 0.29) is 23.4 Å². The molecule has 1 aromatic heterocycles. The Morgan fingerprint density at radius 1 is 1.53 bits per heavy atom. The monoisotopic (exact) mass is 258 g/mol. The summed E-state index contributed by atoms with van der Waals surface area (Å²) in [6.45, 7) is 4.20. The Bertz CT molecular complexity index is 410. The lowest BCUT2D eigenvalue weighted by Crippen LogP contribution is -2.34. The molecule has 0 aliphatic rings. The second-order valence-electron chi connectivity index (χ2n) is 3.85. The molecular formula is C11H15ClN2O3. The lowest BCUT2D eigenvalue weighted by molar-refractivity contribution is 0.0696. The van der Waals surface area contributed by atoms with E-state index in [0.29, 0.717) is 12.4 Å². The number of carboxylic acids is 1. The van der Waals surface area contributed by atoms with Gasteiger partial charge in [0.05, 0.1) is 12.2 Å². The highest BCUT2D eigenvalue weighted by molar-refractivity contribution is 6.29. The highest BCUT2D eigenvalue weighted by Crippen LogP contribution is 2.20. The summed E-state index contributed by atoms with van der Waals surface area (Å²) in [7, 11) is 0. The lowest BCUT2D eigenvalue weighted by Gasteiger charge is -2.27. The van der Waals surface area contributed by atoms with Crippen LogP contribution >= 0.6 is 11.6 Å². The lowest BCUT2D eigenvalue weighted by atomic mass is 10.2. The van der Waals surface area contributed by atoms with Gasteiger partial charge in [0, 0.05) is 12.6 Å². The van der Waals surface area contributed by atoms with Crippen LogP contribution in [-0.4, -0.2) is 40.4 Å². The number of aliphatic hydroxyl groups is 1. The Labute approximate surface area is 105 Å². The van der Waals surface area contributed by atoms with Gasteiger partial charge in [-0.25, -0.2) is 9.78 Å². The summed E-state index contributed by atoms with van der Waals surface area (Å²) >= 11 is 5.78. The second kappa shape index (κ2) is 5.84. The van der Waals surface area contributed by atoms with E-state index in [0.717, 1.165) is 0 Å². The van der Waals surface area contributed by atoms with Gasteiger partial charge in [0.2, 0.25) is 0 Å². The van der Waals surface area contributed by atoms with Gasteiger partial charge in [0.1, 0.15) is 11.0 Å². The minimum atomic E-state index is -1.05. The van der Waals surface area contributed by atoms with Crippen molar-refractivity contribution in [3.8, 4) is 0 Å². The first kappa shape index (κ1) is 13.7. The standard InChI is InChI=1S/C11H15ClN2O3/c1-7(2)14(3-4-15)10-6-8(11(16)17)5-9(12)13-10/h5-7,15H,3-4H2,1-2H3,(H,16,17). The first-order valence-electron chi connectivity index (χ1n) is 5.24. The Morgan fingerprint density at radius 3 is 2.65 bits per heavy atom. The molecule has 1 rings (SSSR count). The van der Waals surface area contributed by atoms with Gasteiger partial charge in [-0.2, -0.15) is 0 Å². The van der Waals surface area contributed by atoms with Gasteiger partial charge in [0.25, 0.3) is 0 Å². The van der Waals surface area contributed by atoms with Crippen LogP contribution in [0.1, 0.15) is 24.2 Å². The van der Waals surface area contributed by atoms with Crippen molar-refractivity contribution in [3.63, 3.8) is 0 Å². The summed E-state index contributed by atoms with van der Waals surface area (Å²) in [5.74, 6) is -0.595. The van der Waals surface area contributed by atoms with E-state index in [9.17, 15) is 4.79 Å². The van der Waals surface area contributed by atoms with Gasteiger partial charge >= 0.3 is 5.97 Å². The molecule has 0 aromatic carbocycles. The predicted molar refractivity (Wildman–Crippen MR) is 65.8 cm³/mol. The number of carbonyl (C=O) groups is 1. The molecule has 6 heteroatoms. The SMILES string of the molecule is CC(C)N(CCO)c1cc(C(=O)O)cc(Cl)n1. The van der Waals surface area contributed by atoms with Crippen LogP contribution in [0.3, 0.4) is 0 Å². The number of aromatic carboxylic acids is 1. The molecular weight excluding hydrogens is 244 g/mol. The summed E-state index contributed by atoms with van der Waals surface area (Å²) in [6, 6.07) is 2.84. The average molecular weight is 259 g/mol. The first-order chi connectivity index (χ1) is 7.95. The number of aliphatic hydroxyl groups excluding tert-OH is 1. The Hall–Kier alpha value is -1.33. The fourth-order valence-electron chi connectivity index (χ4n) is 1.50. The molecule has 0 amide bonds. The smallest absolute Gasteiger partial charge is 0.335 e. The number of hydrogen-bond donors (Lipinski definition) is 2. The topological polar surface area (TPSA) is 73.7 Å². The maximum absolute atomic E-state index is 10.9. The highest BCUT2D eigenvalue weighted by atomic mass is 35.5. The Kier molecular flexibility index (Phi) is 4.72. The van der Waals surface area contributed by atoms with Crippen molar-refractivity contribution >= 4 is 23.4 Å². The summed E-state index contributed by atoms with van der Waals surface area (Å²) in [6.07, 6.45) is 0. The molecule has 0 atom stereocenters. The number of carboxylic acid groups (broad SMARTS) is 1. The quantitative estimate of drug-likeness (QED) is 0.786. The van der Waals surface area contributed by atoms with Crippen molar-refractivity contribution in [2.45, 2.75) is 19.9 Å². The van der Waals surface area contributed by atoms with E-state index in [1.807, 2.05) is 13.8 Å². The van der Waals surface area contributed by atoms with Gasteiger partial charge in [-0.15, -0.1) is 0 Å². The molecule has 5 nitrogen and oxygen atoms in total. The van der Waals surface area contributed by atoms with Crippen molar-refractivity contribution in [1.29, 1.82) is 0 Å². The van der Waals surface area contributed by atoms with Crippen LogP contribution in [0.2, 0.25) is 5.15 Å². The van der Waals surface area contributed by atoms with E-state index in [4.69, 9.17) is 21.8 Å². The van der Waals surface area contributed by atoms with E-state index in [1.165, 1.54) is 12.1 Å². The minimum absolute atomic E-state index is 0.0330. The van der Waals surface area contributed by atoms with Crippen LogP contribution in [0, 0.1) is 0 Å². The summed E-state index contributed by atoms with van der Waals surface area (Å²) < 4.78 is 0. The van der Waals surface area contributed by atoms with Crippen LogP contribution in [0.25, 0.3) is 0 Å². The molecule has 0 saturated carbocycles.